The van der Waals surface area contributed by atoms with Crippen LogP contribution in [-0.2, 0) is 9.59 Å². The third-order valence-electron chi connectivity index (χ3n) is 5.65. The zero-order valence-electron chi connectivity index (χ0n) is 20.6. The minimum atomic E-state index is -0.396. The molecule has 0 spiro atoms. The van der Waals surface area contributed by atoms with Crippen molar-refractivity contribution >= 4 is 35.3 Å². The summed E-state index contributed by atoms with van der Waals surface area (Å²) in [5, 5.41) is 5.37. The molecule has 3 atom stereocenters. The largest absolute Gasteiger partial charge is 0.353 e. The maximum atomic E-state index is 13.4. The van der Waals surface area contributed by atoms with Crippen molar-refractivity contribution in [1.29, 1.82) is 0 Å². The molecule has 37 heavy (non-hydrogen) atoms. The van der Waals surface area contributed by atoms with Gasteiger partial charge in [0.15, 0.2) is 0 Å². The second-order valence-electron chi connectivity index (χ2n) is 8.60. The Morgan fingerprint density at radius 2 is 0.973 bits per heavy atom. The average molecular weight is 527 g/mol. The molecule has 4 rings (SSSR count). The average Bonchev–Trinajstić information content (AvgIpc) is 2.95. The molecule has 0 aromatic heterocycles. The molecule has 4 nitrogen and oxygen atoms in total. The molecule has 0 radical (unpaired) electrons. The molecular formula is C31H30N2O2S2. The van der Waals surface area contributed by atoms with E-state index in [1.165, 1.54) is 23.5 Å². The quantitative estimate of drug-likeness (QED) is 0.214. The second kappa shape index (κ2) is 13.7. The minimum Gasteiger partial charge on any atom is -0.353 e. The number of carbonyl (C=O) groups excluding carboxylic acids is 2. The third kappa shape index (κ3) is 8.00. The van der Waals surface area contributed by atoms with Crippen LogP contribution in [0.5, 0.6) is 0 Å². The van der Waals surface area contributed by atoms with Gasteiger partial charge < -0.3 is 10.6 Å². The van der Waals surface area contributed by atoms with Gasteiger partial charge >= 0.3 is 0 Å². The van der Waals surface area contributed by atoms with Crippen LogP contribution in [0, 0.1) is 0 Å². The molecule has 188 valence electrons. The fourth-order valence-corrected chi connectivity index (χ4v) is 5.91. The molecule has 0 bridgehead atoms. The summed E-state index contributed by atoms with van der Waals surface area (Å²) < 4.78 is 0. The highest BCUT2D eigenvalue weighted by Gasteiger charge is 2.25. The number of carbonyl (C=O) groups is 2. The molecule has 4 aromatic carbocycles. The summed E-state index contributed by atoms with van der Waals surface area (Å²) in [6, 6.07) is 39.1. The molecule has 0 saturated heterocycles. The fraction of sp³-hybridized carbons (Fsp3) is 0.161. The van der Waals surface area contributed by atoms with Crippen molar-refractivity contribution in [2.45, 2.75) is 33.3 Å². The number of rotatable bonds is 11. The zero-order chi connectivity index (χ0) is 25.9. The van der Waals surface area contributed by atoms with Gasteiger partial charge in [0.05, 0.1) is 0 Å². The first-order valence-electron chi connectivity index (χ1n) is 12.2. The van der Waals surface area contributed by atoms with Crippen molar-refractivity contribution in [3.05, 3.63) is 132 Å². The third-order valence-corrected chi connectivity index (χ3v) is 8.18. The predicted octanol–water partition coefficient (Wildman–Crippen LogP) is 6.67. The van der Waals surface area contributed by atoms with Crippen LogP contribution in [0.15, 0.2) is 131 Å². The maximum absolute atomic E-state index is 13.4. The van der Waals surface area contributed by atoms with Gasteiger partial charge in [-0.2, -0.15) is 0 Å². The van der Waals surface area contributed by atoms with E-state index in [0.29, 0.717) is 6.54 Å². The number of amides is 2. The van der Waals surface area contributed by atoms with Crippen LogP contribution < -0.4 is 10.6 Å². The van der Waals surface area contributed by atoms with Crippen LogP contribution in [0.25, 0.3) is 0 Å². The van der Waals surface area contributed by atoms with E-state index in [0.717, 1.165) is 20.9 Å². The summed E-state index contributed by atoms with van der Waals surface area (Å²) in [6.45, 7) is 2.25. The van der Waals surface area contributed by atoms with Gasteiger partial charge in [-0.15, -0.1) is 23.5 Å². The molecule has 0 fully saturated rings. The molecule has 4 aromatic rings. The number of nitrogens with one attached hydrogen (secondary N) is 2. The van der Waals surface area contributed by atoms with Crippen LogP contribution in [0.1, 0.15) is 28.6 Å². The van der Waals surface area contributed by atoms with E-state index in [9.17, 15) is 9.59 Å². The Hall–Kier alpha value is -3.48. The fourth-order valence-electron chi connectivity index (χ4n) is 3.79. The molecular weight excluding hydrogens is 496 g/mol. The van der Waals surface area contributed by atoms with E-state index in [1.807, 2.05) is 128 Å². The van der Waals surface area contributed by atoms with Crippen molar-refractivity contribution in [3.63, 3.8) is 0 Å². The summed E-state index contributed by atoms with van der Waals surface area (Å²) >= 11 is 3.03. The van der Waals surface area contributed by atoms with E-state index in [-0.39, 0.29) is 17.9 Å². The first-order valence-corrected chi connectivity index (χ1v) is 14.0. The number of benzene rings is 4. The van der Waals surface area contributed by atoms with Gasteiger partial charge in [-0.05, 0) is 42.3 Å². The van der Waals surface area contributed by atoms with Gasteiger partial charge in [0.25, 0.3) is 0 Å². The van der Waals surface area contributed by atoms with E-state index in [1.54, 1.807) is 0 Å². The van der Waals surface area contributed by atoms with Crippen molar-refractivity contribution in [3.8, 4) is 0 Å². The standard InChI is InChI=1S/C31H30N2O2S2/c1-23(33-31(35)29(25-16-8-3-9-17-25)37-27-20-12-5-13-21-27)22-32-30(34)28(24-14-6-2-7-15-24)36-26-18-10-4-11-19-26/h2-21,23,28-29H,22H2,1H3,(H,32,34)(H,33,35)/t23-,28+,29+/m0/s1. The first kappa shape index (κ1) is 26.6. The number of hydrogen-bond donors (Lipinski definition) is 2. The van der Waals surface area contributed by atoms with Crippen LogP contribution in [0.4, 0.5) is 0 Å². The molecule has 0 aliphatic rings. The summed E-state index contributed by atoms with van der Waals surface area (Å²) in [6.07, 6.45) is 0. The highest BCUT2D eigenvalue weighted by molar-refractivity contribution is 8.00. The Kier molecular flexibility index (Phi) is 9.86. The lowest BCUT2D eigenvalue weighted by Gasteiger charge is -2.22. The lowest BCUT2D eigenvalue weighted by atomic mass is 10.1. The SMILES string of the molecule is C[C@@H](CNC(=O)[C@H](Sc1ccccc1)c1ccccc1)NC(=O)[C@H](Sc1ccccc1)c1ccccc1. The monoisotopic (exact) mass is 526 g/mol. The van der Waals surface area contributed by atoms with E-state index in [4.69, 9.17) is 0 Å². The van der Waals surface area contributed by atoms with Crippen molar-refractivity contribution in [2.24, 2.45) is 0 Å². The van der Waals surface area contributed by atoms with Crippen molar-refractivity contribution in [2.75, 3.05) is 6.54 Å². The van der Waals surface area contributed by atoms with Crippen LogP contribution >= 0.6 is 23.5 Å². The zero-order valence-corrected chi connectivity index (χ0v) is 22.3. The van der Waals surface area contributed by atoms with Gasteiger partial charge in [0.2, 0.25) is 11.8 Å². The molecule has 2 N–H and O–H groups in total. The molecule has 0 aliphatic carbocycles. The molecule has 2 amide bonds. The second-order valence-corrected chi connectivity index (χ2v) is 11.0. The van der Waals surface area contributed by atoms with Gasteiger partial charge in [-0.3, -0.25) is 9.59 Å². The van der Waals surface area contributed by atoms with Crippen LogP contribution in [0.3, 0.4) is 0 Å². The van der Waals surface area contributed by atoms with Gasteiger partial charge in [0, 0.05) is 22.4 Å². The predicted molar refractivity (Wildman–Crippen MR) is 154 cm³/mol. The first-order chi connectivity index (χ1) is 18.1. The molecule has 0 heterocycles. The van der Waals surface area contributed by atoms with Crippen LogP contribution in [0.2, 0.25) is 0 Å². The number of thioether (sulfide) groups is 2. The molecule has 0 aliphatic heterocycles. The normalized spacial score (nSPS) is 13.2. The highest BCUT2D eigenvalue weighted by atomic mass is 32.2. The topological polar surface area (TPSA) is 58.2 Å². The van der Waals surface area contributed by atoms with Crippen LogP contribution in [-0.4, -0.2) is 24.4 Å². The summed E-state index contributed by atoms with van der Waals surface area (Å²) in [7, 11) is 0. The summed E-state index contributed by atoms with van der Waals surface area (Å²) in [5.74, 6) is -0.167. The Balaban J connectivity index is 1.40. The minimum absolute atomic E-state index is 0.0833. The number of hydrogen-bond acceptors (Lipinski definition) is 4. The van der Waals surface area contributed by atoms with Gasteiger partial charge in [0.1, 0.15) is 10.5 Å². The Bertz CT molecular complexity index is 1260. The van der Waals surface area contributed by atoms with Gasteiger partial charge in [-0.1, -0.05) is 97.1 Å². The smallest absolute Gasteiger partial charge is 0.238 e. The Morgan fingerprint density at radius 1 is 0.595 bits per heavy atom. The molecule has 0 unspecified atom stereocenters. The lowest BCUT2D eigenvalue weighted by molar-refractivity contribution is -0.123. The van der Waals surface area contributed by atoms with E-state index in [2.05, 4.69) is 10.6 Å². The lowest BCUT2D eigenvalue weighted by Crippen LogP contribution is -2.44. The summed E-state index contributed by atoms with van der Waals surface area (Å²) in [5.41, 5.74) is 1.88. The Labute approximate surface area is 227 Å². The summed E-state index contributed by atoms with van der Waals surface area (Å²) in [4.78, 5) is 28.7. The van der Waals surface area contributed by atoms with Gasteiger partial charge in [-0.25, -0.2) is 0 Å². The molecule has 6 heteroatoms. The maximum Gasteiger partial charge on any atom is 0.238 e. The van der Waals surface area contributed by atoms with E-state index < -0.39 is 10.5 Å². The highest BCUT2D eigenvalue weighted by Crippen LogP contribution is 2.36. The van der Waals surface area contributed by atoms with Crippen molar-refractivity contribution in [1.82, 2.24) is 10.6 Å². The van der Waals surface area contributed by atoms with E-state index >= 15 is 0 Å². The Morgan fingerprint density at radius 3 is 1.41 bits per heavy atom. The van der Waals surface area contributed by atoms with Crippen molar-refractivity contribution < 1.29 is 9.59 Å². The molecule has 0 saturated carbocycles.